The second-order valence-corrected chi connectivity index (χ2v) is 9.15. The van der Waals surface area contributed by atoms with Gasteiger partial charge in [-0.3, -0.25) is 0 Å². The van der Waals surface area contributed by atoms with Gasteiger partial charge in [0.15, 0.2) is 0 Å². The predicted molar refractivity (Wildman–Crippen MR) is 125 cm³/mol. The Balaban J connectivity index is 0. The first-order valence-corrected chi connectivity index (χ1v) is 12.2. The van der Waals surface area contributed by atoms with Gasteiger partial charge >= 0.3 is 0 Å². The summed E-state index contributed by atoms with van der Waals surface area (Å²) >= 11 is 0. The van der Waals surface area contributed by atoms with E-state index >= 15 is 0 Å². The molecule has 0 spiro atoms. The fraction of sp³-hybridized carbons (Fsp3) is 0.846. The predicted octanol–water partition coefficient (Wildman–Crippen LogP) is 5.46. The minimum Gasteiger partial charge on any atom is -1.00 e. The number of hydrogen-bond donors (Lipinski definition) is 0. The van der Waals surface area contributed by atoms with Crippen molar-refractivity contribution in [1.82, 2.24) is 0 Å². The van der Waals surface area contributed by atoms with Crippen molar-refractivity contribution >= 4 is 0 Å². The number of halogens is 1. The molecule has 0 aliphatic heterocycles. The Labute approximate surface area is 185 Å². The van der Waals surface area contributed by atoms with E-state index in [-0.39, 0.29) is 12.4 Å². The van der Waals surface area contributed by atoms with E-state index in [1.807, 2.05) is 6.08 Å². The average Bonchev–Trinajstić information content (AvgIpc) is 2.63. The van der Waals surface area contributed by atoms with Gasteiger partial charge in [-0.15, -0.1) is 0 Å². The van der Waals surface area contributed by atoms with Gasteiger partial charge in [0.2, 0.25) is 0 Å². The molecule has 1 nitrogen and oxygen atoms in total. The molecule has 168 valence electrons. The van der Waals surface area contributed by atoms with Crippen LogP contribution < -0.4 is 12.4 Å². The number of unbranched alkanes of at least 4 members (excludes halogenated alkanes) is 16. The average molecular weight is 414 g/mol. The summed E-state index contributed by atoms with van der Waals surface area (Å²) in [7, 11) is 4.53. The first-order chi connectivity index (χ1) is 13.1. The van der Waals surface area contributed by atoms with Crippen LogP contribution in [-0.4, -0.2) is 31.7 Å². The minimum atomic E-state index is 0. The highest BCUT2D eigenvalue weighted by Crippen LogP contribution is 2.14. The first kappa shape index (κ1) is 29.9. The first-order valence-electron chi connectivity index (χ1n) is 12.2. The highest BCUT2D eigenvalue weighted by atomic mass is 35.5. The van der Waals surface area contributed by atoms with Crippen LogP contribution in [0.5, 0.6) is 0 Å². The monoisotopic (exact) mass is 413 g/mol. The number of likely N-dealkylation sites (N-methyl/N-ethyl adjacent to an activating group) is 1. The van der Waals surface area contributed by atoms with E-state index in [0.717, 1.165) is 17.6 Å². The molecule has 0 aromatic rings. The standard InChI is InChI=1S/C26H52N.ClH/c1-5-7-8-9-10-11-12-13-14-15-16-17-18-19-20-21-22-23-24-26-27(3,4)25-6-2;/h6,23-24H,2,5,7-22,25-26H2,1,3-4H3;1H/q+1;/p-1. The zero-order chi connectivity index (χ0) is 20.1. The van der Waals surface area contributed by atoms with Crippen molar-refractivity contribution in [3.8, 4) is 0 Å². The summed E-state index contributed by atoms with van der Waals surface area (Å²) in [5, 5.41) is 0. The van der Waals surface area contributed by atoms with Gasteiger partial charge in [0.05, 0.1) is 27.2 Å². The molecule has 0 aliphatic rings. The van der Waals surface area contributed by atoms with Crippen LogP contribution in [0.15, 0.2) is 24.8 Å². The third-order valence-corrected chi connectivity index (χ3v) is 5.61. The second-order valence-electron chi connectivity index (χ2n) is 9.15. The number of rotatable bonds is 21. The fourth-order valence-corrected chi connectivity index (χ4v) is 3.71. The topological polar surface area (TPSA) is 0 Å². The van der Waals surface area contributed by atoms with Crippen LogP contribution in [0.2, 0.25) is 0 Å². The molecule has 0 saturated heterocycles. The Morgan fingerprint density at radius 3 is 1.36 bits per heavy atom. The van der Waals surface area contributed by atoms with Gasteiger partial charge in [0.1, 0.15) is 0 Å². The zero-order valence-electron chi connectivity index (χ0n) is 19.7. The molecule has 0 aromatic heterocycles. The number of allylic oxidation sites excluding steroid dienone is 1. The Kier molecular flexibility index (Phi) is 24.6. The van der Waals surface area contributed by atoms with E-state index < -0.39 is 0 Å². The molecule has 28 heavy (non-hydrogen) atoms. The third-order valence-electron chi connectivity index (χ3n) is 5.61. The largest absolute Gasteiger partial charge is 1.00 e. The molecule has 0 N–H and O–H groups in total. The lowest BCUT2D eigenvalue weighted by Crippen LogP contribution is -3.00. The van der Waals surface area contributed by atoms with Crippen LogP contribution in [0.1, 0.15) is 116 Å². The van der Waals surface area contributed by atoms with Crippen molar-refractivity contribution in [2.75, 3.05) is 27.2 Å². The lowest BCUT2D eigenvalue weighted by Gasteiger charge is -2.26. The summed E-state index contributed by atoms with van der Waals surface area (Å²) in [6, 6.07) is 0. The highest BCUT2D eigenvalue weighted by Gasteiger charge is 2.08. The smallest absolute Gasteiger partial charge is 0.0972 e. The maximum atomic E-state index is 3.84. The molecule has 0 amide bonds. The maximum Gasteiger partial charge on any atom is 0.0972 e. The van der Waals surface area contributed by atoms with Gasteiger partial charge in [-0.05, 0) is 25.0 Å². The van der Waals surface area contributed by atoms with Crippen molar-refractivity contribution in [2.24, 2.45) is 0 Å². The molecule has 0 heterocycles. The quantitative estimate of drug-likeness (QED) is 0.133. The molecular weight excluding hydrogens is 362 g/mol. The fourth-order valence-electron chi connectivity index (χ4n) is 3.71. The summed E-state index contributed by atoms with van der Waals surface area (Å²) in [6.45, 7) is 8.30. The molecule has 0 saturated carbocycles. The summed E-state index contributed by atoms with van der Waals surface area (Å²) in [4.78, 5) is 0. The Morgan fingerprint density at radius 1 is 0.571 bits per heavy atom. The van der Waals surface area contributed by atoms with Gasteiger partial charge in [0.25, 0.3) is 0 Å². The summed E-state index contributed by atoms with van der Waals surface area (Å²) in [6.07, 6.45) is 31.2. The molecule has 0 atom stereocenters. The Bertz CT molecular complexity index is 335. The van der Waals surface area contributed by atoms with E-state index in [1.165, 1.54) is 109 Å². The summed E-state index contributed by atoms with van der Waals surface area (Å²) < 4.78 is 1.01. The molecular formula is C26H52ClN. The van der Waals surface area contributed by atoms with Crippen LogP contribution >= 0.6 is 0 Å². The van der Waals surface area contributed by atoms with Crippen LogP contribution in [0.25, 0.3) is 0 Å². The summed E-state index contributed by atoms with van der Waals surface area (Å²) in [5.74, 6) is 0. The van der Waals surface area contributed by atoms with Crippen molar-refractivity contribution in [3.05, 3.63) is 24.8 Å². The Hall–Kier alpha value is -0.270. The molecule has 0 unspecified atom stereocenters. The molecule has 0 aliphatic carbocycles. The van der Waals surface area contributed by atoms with Crippen LogP contribution in [0, 0.1) is 0 Å². The van der Waals surface area contributed by atoms with Crippen molar-refractivity contribution in [2.45, 2.75) is 116 Å². The third kappa shape index (κ3) is 23.8. The van der Waals surface area contributed by atoms with E-state index in [4.69, 9.17) is 0 Å². The van der Waals surface area contributed by atoms with Crippen LogP contribution in [0.3, 0.4) is 0 Å². The highest BCUT2D eigenvalue weighted by molar-refractivity contribution is 4.82. The van der Waals surface area contributed by atoms with Gasteiger partial charge in [0, 0.05) is 0 Å². The van der Waals surface area contributed by atoms with E-state index in [1.54, 1.807) is 0 Å². The van der Waals surface area contributed by atoms with E-state index in [0.29, 0.717) is 0 Å². The van der Waals surface area contributed by atoms with Crippen LogP contribution in [0.4, 0.5) is 0 Å². The number of nitrogens with zero attached hydrogens (tertiary/aromatic N) is 1. The molecule has 0 rings (SSSR count). The zero-order valence-corrected chi connectivity index (χ0v) is 20.5. The van der Waals surface area contributed by atoms with E-state index in [2.05, 4.69) is 39.8 Å². The van der Waals surface area contributed by atoms with E-state index in [9.17, 15) is 0 Å². The lowest BCUT2D eigenvalue weighted by molar-refractivity contribution is -0.878. The van der Waals surface area contributed by atoms with Gasteiger partial charge in [-0.1, -0.05) is 116 Å². The SMILES string of the molecule is C=CC[N+](C)(C)CC=CCCCCCCCCCCCCCCCCCC.[Cl-]. The second kappa shape index (κ2) is 23.0. The molecule has 0 radical (unpaired) electrons. The van der Waals surface area contributed by atoms with Crippen molar-refractivity contribution < 1.29 is 16.9 Å². The summed E-state index contributed by atoms with van der Waals surface area (Å²) in [5.41, 5.74) is 0. The molecule has 2 heteroatoms. The van der Waals surface area contributed by atoms with Crippen molar-refractivity contribution in [3.63, 3.8) is 0 Å². The number of hydrogen-bond acceptors (Lipinski definition) is 0. The molecule has 0 fully saturated rings. The van der Waals surface area contributed by atoms with Gasteiger partial charge in [-0.25, -0.2) is 0 Å². The minimum absolute atomic E-state index is 0. The van der Waals surface area contributed by atoms with Crippen LogP contribution in [-0.2, 0) is 0 Å². The van der Waals surface area contributed by atoms with Gasteiger partial charge < -0.3 is 16.9 Å². The maximum absolute atomic E-state index is 3.84. The molecule has 0 aromatic carbocycles. The van der Waals surface area contributed by atoms with Gasteiger partial charge in [-0.2, -0.15) is 0 Å². The van der Waals surface area contributed by atoms with Crippen molar-refractivity contribution in [1.29, 1.82) is 0 Å². The normalized spacial score (nSPS) is 11.7. The molecule has 0 bridgehead atoms. The Morgan fingerprint density at radius 2 is 0.964 bits per heavy atom. The number of quaternary nitrogens is 1. The lowest BCUT2D eigenvalue weighted by atomic mass is 10.0.